The fraction of sp³-hybridized carbons (Fsp3) is 0.882. The predicted octanol–water partition coefficient (Wildman–Crippen LogP) is 2.05. The number of hydrogen-bond acceptors (Lipinski definition) is 5. The summed E-state index contributed by atoms with van der Waals surface area (Å²) in [5.74, 6) is -0.872. The van der Waals surface area contributed by atoms with E-state index >= 15 is 0 Å². The van der Waals surface area contributed by atoms with Crippen LogP contribution in [0.1, 0.15) is 53.9 Å². The summed E-state index contributed by atoms with van der Waals surface area (Å²) >= 11 is 0. The van der Waals surface area contributed by atoms with E-state index in [1.54, 1.807) is 6.92 Å². The molecule has 0 radical (unpaired) electrons. The molecular formula is C17H31NO5. The molecule has 4 atom stereocenters. The van der Waals surface area contributed by atoms with Crippen LogP contribution in [-0.4, -0.2) is 49.4 Å². The maximum Gasteiger partial charge on any atom is 0.335 e. The zero-order valence-corrected chi connectivity index (χ0v) is 15.0. The summed E-state index contributed by atoms with van der Waals surface area (Å²) in [7, 11) is 0. The first kappa shape index (κ1) is 19.9. The van der Waals surface area contributed by atoms with Gasteiger partial charge in [-0.3, -0.25) is 4.79 Å². The normalized spacial score (nSPS) is 21.7. The molecule has 0 aliphatic carbocycles. The van der Waals surface area contributed by atoms with Crippen LogP contribution in [0.25, 0.3) is 0 Å². The van der Waals surface area contributed by atoms with Crippen LogP contribution in [0.15, 0.2) is 0 Å². The lowest BCUT2D eigenvalue weighted by Gasteiger charge is -2.24. The molecule has 1 aliphatic rings. The Morgan fingerprint density at radius 1 is 1.26 bits per heavy atom. The first-order chi connectivity index (χ1) is 10.8. The van der Waals surface area contributed by atoms with Crippen LogP contribution in [0.5, 0.6) is 0 Å². The number of amides is 1. The molecule has 1 rings (SSSR count). The van der Waals surface area contributed by atoms with E-state index in [1.165, 1.54) is 0 Å². The summed E-state index contributed by atoms with van der Waals surface area (Å²) < 4.78 is 16.4. The van der Waals surface area contributed by atoms with Crippen LogP contribution in [0.2, 0.25) is 0 Å². The van der Waals surface area contributed by atoms with E-state index in [0.29, 0.717) is 6.61 Å². The highest BCUT2D eigenvalue weighted by atomic mass is 16.6. The first-order valence-electron chi connectivity index (χ1n) is 8.59. The van der Waals surface area contributed by atoms with Crippen LogP contribution < -0.4 is 5.32 Å². The average Bonchev–Trinajstić information content (AvgIpc) is 3.02. The monoisotopic (exact) mass is 329 g/mol. The average molecular weight is 329 g/mol. The van der Waals surface area contributed by atoms with Crippen LogP contribution in [-0.2, 0) is 23.8 Å². The van der Waals surface area contributed by atoms with Crippen molar-refractivity contribution in [1.29, 1.82) is 0 Å². The number of carbonyl (C=O) groups is 2. The van der Waals surface area contributed by atoms with Crippen molar-refractivity contribution < 1.29 is 23.8 Å². The Bertz CT molecular complexity index is 379. The van der Waals surface area contributed by atoms with E-state index in [-0.39, 0.29) is 24.0 Å². The van der Waals surface area contributed by atoms with E-state index in [1.807, 2.05) is 27.7 Å². The predicted molar refractivity (Wildman–Crippen MR) is 87.0 cm³/mol. The summed E-state index contributed by atoms with van der Waals surface area (Å²) in [4.78, 5) is 24.4. The second-order valence-electron chi connectivity index (χ2n) is 6.53. The van der Waals surface area contributed by atoms with Gasteiger partial charge in [0.25, 0.3) is 5.91 Å². The SMILES string of the molecule is CCC(C)NC(=O)C(OC(=O)C(C)OCC1CCCO1)C(C)C. The molecule has 1 N–H and O–H groups in total. The maximum absolute atomic E-state index is 12.2. The third kappa shape index (κ3) is 6.87. The van der Waals surface area contributed by atoms with Crippen LogP contribution >= 0.6 is 0 Å². The fourth-order valence-electron chi connectivity index (χ4n) is 2.24. The van der Waals surface area contributed by atoms with Crippen molar-refractivity contribution in [2.45, 2.75) is 78.2 Å². The highest BCUT2D eigenvalue weighted by molar-refractivity contribution is 5.85. The summed E-state index contributed by atoms with van der Waals surface area (Å²) in [6.07, 6.45) is 1.35. The third-order valence-corrected chi connectivity index (χ3v) is 4.00. The quantitative estimate of drug-likeness (QED) is 0.655. The Hall–Kier alpha value is -1.14. The molecule has 1 fully saturated rings. The molecule has 0 bridgehead atoms. The fourth-order valence-corrected chi connectivity index (χ4v) is 2.24. The minimum absolute atomic E-state index is 0.0515. The van der Waals surface area contributed by atoms with Gasteiger partial charge in [-0.25, -0.2) is 4.79 Å². The van der Waals surface area contributed by atoms with Crippen molar-refractivity contribution in [3.63, 3.8) is 0 Å². The minimum Gasteiger partial charge on any atom is -0.450 e. The largest absolute Gasteiger partial charge is 0.450 e. The Morgan fingerprint density at radius 3 is 2.48 bits per heavy atom. The van der Waals surface area contributed by atoms with E-state index in [0.717, 1.165) is 25.9 Å². The zero-order chi connectivity index (χ0) is 17.4. The van der Waals surface area contributed by atoms with Gasteiger partial charge < -0.3 is 19.5 Å². The molecule has 6 nitrogen and oxygen atoms in total. The second-order valence-corrected chi connectivity index (χ2v) is 6.53. The molecule has 0 aromatic heterocycles. The Kier molecular flexibility index (Phi) is 8.55. The second kappa shape index (κ2) is 9.88. The van der Waals surface area contributed by atoms with Gasteiger partial charge in [0.2, 0.25) is 0 Å². The number of ether oxygens (including phenoxy) is 3. The van der Waals surface area contributed by atoms with Crippen molar-refractivity contribution in [3.8, 4) is 0 Å². The topological polar surface area (TPSA) is 73.9 Å². The molecule has 0 aromatic carbocycles. The molecule has 1 aliphatic heterocycles. The van der Waals surface area contributed by atoms with E-state index in [9.17, 15) is 9.59 Å². The molecule has 0 aromatic rings. The molecule has 1 amide bonds. The Morgan fingerprint density at radius 2 is 1.96 bits per heavy atom. The van der Waals surface area contributed by atoms with Crippen molar-refractivity contribution in [2.24, 2.45) is 5.92 Å². The van der Waals surface area contributed by atoms with Crippen LogP contribution in [0, 0.1) is 5.92 Å². The number of esters is 1. The summed E-state index contributed by atoms with van der Waals surface area (Å²) in [6.45, 7) is 10.4. The zero-order valence-electron chi connectivity index (χ0n) is 15.0. The first-order valence-corrected chi connectivity index (χ1v) is 8.59. The lowest BCUT2D eigenvalue weighted by Crippen LogP contribution is -2.45. The molecule has 4 unspecified atom stereocenters. The smallest absolute Gasteiger partial charge is 0.335 e. The van der Waals surface area contributed by atoms with Gasteiger partial charge in [-0.05, 0) is 39.0 Å². The molecule has 1 saturated heterocycles. The number of carbonyl (C=O) groups excluding carboxylic acids is 2. The van der Waals surface area contributed by atoms with Gasteiger partial charge in [-0.2, -0.15) is 0 Å². The van der Waals surface area contributed by atoms with Gasteiger partial charge in [0.05, 0.1) is 12.7 Å². The van der Waals surface area contributed by atoms with Gasteiger partial charge in [0.1, 0.15) is 0 Å². The van der Waals surface area contributed by atoms with E-state index in [4.69, 9.17) is 14.2 Å². The Labute approximate surface area is 139 Å². The lowest BCUT2D eigenvalue weighted by molar-refractivity contribution is -0.170. The highest BCUT2D eigenvalue weighted by Gasteiger charge is 2.30. The molecule has 23 heavy (non-hydrogen) atoms. The maximum atomic E-state index is 12.2. The summed E-state index contributed by atoms with van der Waals surface area (Å²) in [6, 6.07) is 0.0515. The van der Waals surface area contributed by atoms with Crippen molar-refractivity contribution >= 4 is 11.9 Å². The minimum atomic E-state index is -0.801. The molecule has 1 heterocycles. The number of rotatable bonds is 9. The number of nitrogens with one attached hydrogen (secondary N) is 1. The van der Waals surface area contributed by atoms with Gasteiger partial charge in [0.15, 0.2) is 12.2 Å². The van der Waals surface area contributed by atoms with Gasteiger partial charge in [0, 0.05) is 12.6 Å². The van der Waals surface area contributed by atoms with Crippen LogP contribution in [0.3, 0.4) is 0 Å². The highest BCUT2D eigenvalue weighted by Crippen LogP contribution is 2.14. The molecular weight excluding hydrogens is 298 g/mol. The summed E-state index contributed by atoms with van der Waals surface area (Å²) in [5, 5.41) is 2.86. The molecule has 6 heteroatoms. The molecule has 134 valence electrons. The van der Waals surface area contributed by atoms with Gasteiger partial charge >= 0.3 is 5.97 Å². The third-order valence-electron chi connectivity index (χ3n) is 4.00. The van der Waals surface area contributed by atoms with Crippen molar-refractivity contribution in [2.75, 3.05) is 13.2 Å². The molecule has 0 spiro atoms. The van der Waals surface area contributed by atoms with E-state index < -0.39 is 18.2 Å². The van der Waals surface area contributed by atoms with Crippen molar-refractivity contribution in [1.82, 2.24) is 5.32 Å². The Balaban J connectivity index is 2.46. The lowest BCUT2D eigenvalue weighted by atomic mass is 10.1. The van der Waals surface area contributed by atoms with Crippen LogP contribution in [0.4, 0.5) is 0 Å². The van der Waals surface area contributed by atoms with E-state index in [2.05, 4.69) is 5.32 Å². The summed E-state index contributed by atoms with van der Waals surface area (Å²) in [5.41, 5.74) is 0. The molecule has 0 saturated carbocycles. The van der Waals surface area contributed by atoms with Crippen molar-refractivity contribution in [3.05, 3.63) is 0 Å². The van der Waals surface area contributed by atoms with Gasteiger partial charge in [-0.1, -0.05) is 20.8 Å². The van der Waals surface area contributed by atoms with Gasteiger partial charge in [-0.15, -0.1) is 0 Å². The standard InChI is InChI=1S/C17H31NO5/c1-6-12(4)18-16(19)15(11(2)3)23-17(20)13(5)22-10-14-8-7-9-21-14/h11-15H,6-10H2,1-5H3,(H,18,19). The number of hydrogen-bond donors (Lipinski definition) is 1.